The number of carbonyl (C=O) groups is 1. The summed E-state index contributed by atoms with van der Waals surface area (Å²) in [4.78, 5) is 12.0. The summed E-state index contributed by atoms with van der Waals surface area (Å²) in [6, 6.07) is 8.61. The zero-order valence-corrected chi connectivity index (χ0v) is 9.65. The van der Waals surface area contributed by atoms with Crippen molar-refractivity contribution in [1.82, 2.24) is 0 Å². The second kappa shape index (κ2) is 4.86. The van der Waals surface area contributed by atoms with Crippen LogP contribution in [0, 0.1) is 0 Å². The lowest BCUT2D eigenvalue weighted by Crippen LogP contribution is -2.27. The number of aliphatic hydroxyl groups excluding tert-OH is 1. The number of hydrogen-bond donors (Lipinski definition) is 3. The van der Waals surface area contributed by atoms with Crippen LogP contribution in [-0.4, -0.2) is 26.9 Å². The smallest absolute Gasteiger partial charge is 0.195 e. The Balaban J connectivity index is 2.14. The van der Waals surface area contributed by atoms with E-state index in [-0.39, 0.29) is 12.0 Å². The van der Waals surface area contributed by atoms with Gasteiger partial charge in [-0.05, 0) is 11.6 Å². The molecule has 0 aliphatic heterocycles. The van der Waals surface area contributed by atoms with Gasteiger partial charge in [0, 0.05) is 12.0 Å². The van der Waals surface area contributed by atoms with E-state index in [1.807, 2.05) is 0 Å². The number of hydrogen-bond acceptors (Lipinski definition) is 4. The van der Waals surface area contributed by atoms with Crippen molar-refractivity contribution in [1.29, 1.82) is 0 Å². The minimum absolute atomic E-state index is 0.0634. The van der Waals surface area contributed by atoms with Crippen LogP contribution in [0.5, 0.6) is 0 Å². The Hall–Kier alpha value is -1.75. The summed E-state index contributed by atoms with van der Waals surface area (Å²) in [6.07, 6.45) is 2.57. The summed E-state index contributed by atoms with van der Waals surface area (Å²) < 4.78 is 0. The number of allylic oxidation sites excluding steroid dienone is 1. The third kappa shape index (κ3) is 2.73. The van der Waals surface area contributed by atoms with E-state index in [1.54, 1.807) is 30.3 Å². The van der Waals surface area contributed by atoms with Crippen molar-refractivity contribution in [3.8, 4) is 0 Å². The molecular weight excluding hydrogens is 232 g/mol. The fourth-order valence-corrected chi connectivity index (χ4v) is 1.75. The summed E-state index contributed by atoms with van der Waals surface area (Å²) in [5.74, 6) is -2.35. The first-order chi connectivity index (χ1) is 8.49. The summed E-state index contributed by atoms with van der Waals surface area (Å²) in [7, 11) is 0. The van der Waals surface area contributed by atoms with Gasteiger partial charge in [0.25, 0.3) is 0 Å². The molecule has 1 aromatic carbocycles. The van der Waals surface area contributed by atoms with Crippen molar-refractivity contribution in [3.63, 3.8) is 0 Å². The number of carbonyl (C=O) groups excluding carboxylic acids is 1. The Morgan fingerprint density at radius 2 is 1.89 bits per heavy atom. The quantitative estimate of drug-likeness (QED) is 0.691. The van der Waals surface area contributed by atoms with Crippen LogP contribution in [0.2, 0.25) is 0 Å². The SMILES string of the molecule is O=C(C1=CCC(O)(O)C=C1)C(O)c1ccccc1. The molecule has 1 aromatic rings. The van der Waals surface area contributed by atoms with Gasteiger partial charge in [-0.1, -0.05) is 42.5 Å². The van der Waals surface area contributed by atoms with Crippen LogP contribution < -0.4 is 0 Å². The first-order valence-electron chi connectivity index (χ1n) is 5.61. The van der Waals surface area contributed by atoms with Crippen LogP contribution in [0.3, 0.4) is 0 Å². The van der Waals surface area contributed by atoms with Crippen LogP contribution in [0.25, 0.3) is 0 Å². The second-order valence-corrected chi connectivity index (χ2v) is 4.25. The molecule has 0 bridgehead atoms. The zero-order valence-electron chi connectivity index (χ0n) is 9.65. The lowest BCUT2D eigenvalue weighted by Gasteiger charge is -2.20. The number of aliphatic hydroxyl groups is 3. The Labute approximate surface area is 105 Å². The molecule has 0 spiro atoms. The molecule has 3 N–H and O–H groups in total. The van der Waals surface area contributed by atoms with E-state index in [2.05, 4.69) is 0 Å². The molecule has 0 radical (unpaired) electrons. The lowest BCUT2D eigenvalue weighted by molar-refractivity contribution is -0.124. The number of benzene rings is 1. The first-order valence-corrected chi connectivity index (χ1v) is 5.61. The highest BCUT2D eigenvalue weighted by molar-refractivity contribution is 6.01. The highest BCUT2D eigenvalue weighted by Crippen LogP contribution is 2.23. The third-order valence-electron chi connectivity index (χ3n) is 2.80. The summed E-state index contributed by atoms with van der Waals surface area (Å²) in [5, 5.41) is 28.5. The normalized spacial score (nSPS) is 19.2. The average Bonchev–Trinajstić information content (AvgIpc) is 2.38. The van der Waals surface area contributed by atoms with E-state index >= 15 is 0 Å². The maximum Gasteiger partial charge on any atom is 0.195 e. The van der Waals surface area contributed by atoms with Gasteiger partial charge in [0.2, 0.25) is 0 Å². The third-order valence-corrected chi connectivity index (χ3v) is 2.80. The van der Waals surface area contributed by atoms with Crippen molar-refractivity contribution in [3.05, 3.63) is 59.7 Å². The van der Waals surface area contributed by atoms with E-state index in [0.717, 1.165) is 6.08 Å². The van der Waals surface area contributed by atoms with Crippen molar-refractivity contribution in [2.24, 2.45) is 0 Å². The fourth-order valence-electron chi connectivity index (χ4n) is 1.75. The Kier molecular flexibility index (Phi) is 3.43. The Bertz CT molecular complexity index is 500. The van der Waals surface area contributed by atoms with Gasteiger partial charge in [0.15, 0.2) is 11.6 Å². The lowest BCUT2D eigenvalue weighted by atomic mass is 9.94. The van der Waals surface area contributed by atoms with Gasteiger partial charge in [-0.15, -0.1) is 0 Å². The molecule has 1 unspecified atom stereocenters. The fraction of sp³-hybridized carbons (Fsp3) is 0.214. The van der Waals surface area contributed by atoms with Crippen LogP contribution in [0.4, 0.5) is 0 Å². The van der Waals surface area contributed by atoms with Crippen LogP contribution in [-0.2, 0) is 4.79 Å². The molecule has 0 aromatic heterocycles. The zero-order chi connectivity index (χ0) is 13.2. The molecule has 0 saturated heterocycles. The molecule has 94 valence electrons. The Morgan fingerprint density at radius 1 is 1.22 bits per heavy atom. The van der Waals surface area contributed by atoms with Gasteiger partial charge in [-0.25, -0.2) is 0 Å². The molecule has 2 rings (SSSR count). The van der Waals surface area contributed by atoms with Crippen LogP contribution >= 0.6 is 0 Å². The maximum atomic E-state index is 12.0. The van der Waals surface area contributed by atoms with E-state index in [9.17, 15) is 20.1 Å². The molecule has 1 atom stereocenters. The first kappa shape index (κ1) is 12.7. The molecule has 0 heterocycles. The highest BCUT2D eigenvalue weighted by atomic mass is 16.5. The summed E-state index contributed by atoms with van der Waals surface area (Å²) in [6.45, 7) is 0. The largest absolute Gasteiger partial charge is 0.380 e. The van der Waals surface area contributed by atoms with Crippen molar-refractivity contribution in [2.45, 2.75) is 18.3 Å². The molecule has 0 fully saturated rings. The molecule has 0 amide bonds. The minimum atomic E-state index is -1.90. The molecule has 0 saturated carbocycles. The maximum absolute atomic E-state index is 12.0. The minimum Gasteiger partial charge on any atom is -0.380 e. The number of ketones is 1. The highest BCUT2D eigenvalue weighted by Gasteiger charge is 2.26. The Morgan fingerprint density at radius 3 is 2.44 bits per heavy atom. The van der Waals surface area contributed by atoms with Crippen molar-refractivity contribution in [2.75, 3.05) is 0 Å². The predicted octanol–water partition coefficient (Wildman–Crippen LogP) is 0.856. The summed E-state index contributed by atoms with van der Waals surface area (Å²) >= 11 is 0. The van der Waals surface area contributed by atoms with Crippen molar-refractivity contribution < 1.29 is 20.1 Å². The predicted molar refractivity (Wildman–Crippen MR) is 65.4 cm³/mol. The van der Waals surface area contributed by atoms with E-state index in [4.69, 9.17) is 0 Å². The molecule has 1 aliphatic carbocycles. The molecular formula is C14H14O4. The molecule has 1 aliphatic rings. The molecule has 4 nitrogen and oxygen atoms in total. The molecule has 4 heteroatoms. The van der Waals surface area contributed by atoms with E-state index in [1.165, 1.54) is 12.2 Å². The van der Waals surface area contributed by atoms with E-state index in [0.29, 0.717) is 5.56 Å². The number of rotatable bonds is 3. The van der Waals surface area contributed by atoms with Gasteiger partial charge in [-0.2, -0.15) is 0 Å². The average molecular weight is 246 g/mol. The molecule has 18 heavy (non-hydrogen) atoms. The summed E-state index contributed by atoms with van der Waals surface area (Å²) in [5.41, 5.74) is 0.798. The standard InChI is InChI=1S/C14H14O4/c15-12(10-4-2-1-3-5-10)13(16)11-6-8-14(17,18)9-7-11/h1-8,12,15,17-18H,9H2. The number of Topliss-reactive ketones (excluding diaryl/α,β-unsaturated/α-hetero) is 1. The van der Waals surface area contributed by atoms with Crippen LogP contribution in [0.15, 0.2) is 54.1 Å². The van der Waals surface area contributed by atoms with Gasteiger partial charge < -0.3 is 15.3 Å². The van der Waals surface area contributed by atoms with Gasteiger partial charge in [0.05, 0.1) is 0 Å². The van der Waals surface area contributed by atoms with Gasteiger partial charge >= 0.3 is 0 Å². The van der Waals surface area contributed by atoms with E-state index < -0.39 is 17.7 Å². The van der Waals surface area contributed by atoms with Gasteiger partial charge in [-0.3, -0.25) is 4.79 Å². The van der Waals surface area contributed by atoms with Crippen molar-refractivity contribution >= 4 is 5.78 Å². The van der Waals surface area contributed by atoms with Gasteiger partial charge in [0.1, 0.15) is 6.10 Å². The van der Waals surface area contributed by atoms with Crippen LogP contribution in [0.1, 0.15) is 18.1 Å². The topological polar surface area (TPSA) is 77.8 Å². The monoisotopic (exact) mass is 246 g/mol. The second-order valence-electron chi connectivity index (χ2n) is 4.25.